The lowest BCUT2D eigenvalue weighted by atomic mass is 10.1. The number of amides is 2. The number of carbonyl (C=O) groups excluding carboxylic acids is 1. The van der Waals surface area contributed by atoms with Gasteiger partial charge in [0.1, 0.15) is 17.7 Å². The van der Waals surface area contributed by atoms with Gasteiger partial charge in [0.15, 0.2) is 0 Å². The first-order valence-corrected chi connectivity index (χ1v) is 11.4. The molecule has 7 heteroatoms. The third-order valence-electron chi connectivity index (χ3n) is 6.93. The van der Waals surface area contributed by atoms with Gasteiger partial charge >= 0.3 is 6.03 Å². The number of nitrogens with zero attached hydrogens (tertiary/aromatic N) is 5. The zero-order valence-electron chi connectivity index (χ0n) is 18.2. The van der Waals surface area contributed by atoms with Crippen LogP contribution in [0, 0.1) is 6.92 Å². The van der Waals surface area contributed by atoms with Crippen molar-refractivity contribution in [1.29, 1.82) is 0 Å². The fraction of sp³-hybridized carbons (Fsp3) is 0.400. The normalized spacial score (nSPS) is 22.8. The molecule has 3 saturated heterocycles. The molecule has 3 aliphatic heterocycles. The van der Waals surface area contributed by atoms with Crippen molar-refractivity contribution in [3.63, 3.8) is 0 Å². The Kier molecular flexibility index (Phi) is 4.63. The topological polar surface area (TPSA) is 61.8 Å². The van der Waals surface area contributed by atoms with Gasteiger partial charge in [0.25, 0.3) is 0 Å². The van der Waals surface area contributed by atoms with Crippen molar-refractivity contribution in [3.05, 3.63) is 60.4 Å². The molecule has 2 atom stereocenters. The largest absolute Gasteiger partial charge is 0.486 e. The van der Waals surface area contributed by atoms with E-state index >= 15 is 0 Å². The van der Waals surface area contributed by atoms with Gasteiger partial charge in [-0.25, -0.2) is 9.78 Å². The van der Waals surface area contributed by atoms with Gasteiger partial charge in [0.2, 0.25) is 0 Å². The number of pyridine rings is 2. The molecule has 32 heavy (non-hydrogen) atoms. The highest BCUT2D eigenvalue weighted by Gasteiger charge is 2.44. The lowest BCUT2D eigenvalue weighted by molar-refractivity contribution is 0.0293. The Morgan fingerprint density at radius 2 is 1.72 bits per heavy atom. The summed E-state index contributed by atoms with van der Waals surface area (Å²) in [4.78, 5) is 28.6. The molecule has 5 heterocycles. The summed E-state index contributed by atoms with van der Waals surface area (Å²) >= 11 is 0. The van der Waals surface area contributed by atoms with Crippen LogP contribution < -0.4 is 9.64 Å². The molecule has 3 aromatic rings. The van der Waals surface area contributed by atoms with Crippen LogP contribution in [0.4, 0.5) is 10.6 Å². The van der Waals surface area contributed by atoms with Crippen LogP contribution in [0.1, 0.15) is 18.4 Å². The number of likely N-dealkylation sites (tertiary alicyclic amines) is 2. The summed E-state index contributed by atoms with van der Waals surface area (Å²) in [5, 5.41) is 1.01. The molecule has 7 nitrogen and oxygen atoms in total. The number of rotatable bonds is 3. The molecule has 2 aromatic heterocycles. The Labute approximate surface area is 187 Å². The monoisotopic (exact) mass is 429 g/mol. The van der Waals surface area contributed by atoms with Crippen LogP contribution in [0.25, 0.3) is 10.9 Å². The molecule has 2 unspecified atom stereocenters. The Hall–Kier alpha value is -3.35. The first-order valence-electron chi connectivity index (χ1n) is 11.4. The summed E-state index contributed by atoms with van der Waals surface area (Å²) in [6.45, 7) is 4.85. The summed E-state index contributed by atoms with van der Waals surface area (Å²) in [6.07, 6.45) is 5.98. The van der Waals surface area contributed by atoms with E-state index in [4.69, 9.17) is 4.74 Å². The molecule has 0 spiro atoms. The summed E-state index contributed by atoms with van der Waals surface area (Å²) in [5.74, 6) is 1.88. The molecule has 0 saturated carbocycles. The fourth-order valence-electron chi connectivity index (χ4n) is 5.27. The van der Waals surface area contributed by atoms with Crippen molar-refractivity contribution in [3.8, 4) is 5.75 Å². The molecular weight excluding hydrogens is 402 g/mol. The minimum atomic E-state index is 0.0273. The summed E-state index contributed by atoms with van der Waals surface area (Å²) in [7, 11) is 0. The molecule has 0 N–H and O–H groups in total. The standard InChI is InChI=1S/C25H27N5O2/c1-17-7-10-24(27-12-17)30-18-8-9-19(30)14-28(13-18)25(31)29-15-20(16-29)32-23-6-2-5-22-21(23)4-3-11-26-22/h2-7,10-12,18-20H,8-9,13-16H2,1H3. The highest BCUT2D eigenvalue weighted by molar-refractivity contribution is 5.84. The number of aryl methyl sites for hydroxylation is 1. The quantitative estimate of drug-likeness (QED) is 0.638. The van der Waals surface area contributed by atoms with E-state index in [-0.39, 0.29) is 12.1 Å². The highest BCUT2D eigenvalue weighted by atomic mass is 16.5. The smallest absolute Gasteiger partial charge is 0.320 e. The lowest BCUT2D eigenvalue weighted by Crippen LogP contribution is -2.63. The zero-order chi connectivity index (χ0) is 21.7. The summed E-state index contributed by atoms with van der Waals surface area (Å²) < 4.78 is 6.20. The molecule has 6 rings (SSSR count). The van der Waals surface area contributed by atoms with Crippen LogP contribution in [-0.2, 0) is 0 Å². The second-order valence-electron chi connectivity index (χ2n) is 9.14. The number of aromatic nitrogens is 2. The van der Waals surface area contributed by atoms with E-state index in [2.05, 4.69) is 33.9 Å². The maximum absolute atomic E-state index is 13.1. The third kappa shape index (κ3) is 3.32. The van der Waals surface area contributed by atoms with E-state index in [1.54, 1.807) is 6.20 Å². The van der Waals surface area contributed by atoms with E-state index in [9.17, 15) is 4.79 Å². The molecule has 2 amide bonds. The maximum atomic E-state index is 13.1. The minimum Gasteiger partial charge on any atom is -0.486 e. The number of hydrogen-bond donors (Lipinski definition) is 0. The van der Waals surface area contributed by atoms with E-state index in [0.717, 1.165) is 48.4 Å². The Balaban J connectivity index is 1.08. The van der Waals surface area contributed by atoms with Crippen LogP contribution >= 0.6 is 0 Å². The Bertz CT molecular complexity index is 1130. The van der Waals surface area contributed by atoms with Crippen molar-refractivity contribution >= 4 is 22.8 Å². The number of benzene rings is 1. The second kappa shape index (κ2) is 7.65. The number of carbonyl (C=O) groups is 1. The predicted octanol–water partition coefficient (Wildman–Crippen LogP) is 3.47. The van der Waals surface area contributed by atoms with Gasteiger partial charge in [-0.1, -0.05) is 12.1 Å². The molecular formula is C25H27N5O2. The van der Waals surface area contributed by atoms with Gasteiger partial charge in [-0.2, -0.15) is 0 Å². The van der Waals surface area contributed by atoms with Crippen LogP contribution in [0.5, 0.6) is 5.75 Å². The van der Waals surface area contributed by atoms with E-state index < -0.39 is 0 Å². The van der Waals surface area contributed by atoms with Crippen LogP contribution in [0.3, 0.4) is 0 Å². The average Bonchev–Trinajstić information content (AvgIpc) is 3.05. The van der Waals surface area contributed by atoms with Gasteiger partial charge in [0.05, 0.1) is 18.6 Å². The van der Waals surface area contributed by atoms with Crippen molar-refractivity contribution in [2.24, 2.45) is 0 Å². The van der Waals surface area contributed by atoms with Gasteiger partial charge in [-0.15, -0.1) is 0 Å². The fourth-order valence-corrected chi connectivity index (χ4v) is 5.27. The van der Waals surface area contributed by atoms with Gasteiger partial charge in [0, 0.05) is 43.0 Å². The van der Waals surface area contributed by atoms with E-state index in [0.29, 0.717) is 25.2 Å². The molecule has 3 fully saturated rings. The van der Waals surface area contributed by atoms with Crippen molar-refractivity contribution in [1.82, 2.24) is 19.8 Å². The molecule has 0 radical (unpaired) electrons. The highest BCUT2D eigenvalue weighted by Crippen LogP contribution is 2.35. The molecule has 164 valence electrons. The Morgan fingerprint density at radius 1 is 0.938 bits per heavy atom. The molecule has 2 bridgehead atoms. The lowest BCUT2D eigenvalue weighted by Gasteiger charge is -2.46. The summed E-state index contributed by atoms with van der Waals surface area (Å²) in [6, 6.07) is 14.9. The average molecular weight is 430 g/mol. The molecule has 3 aliphatic rings. The van der Waals surface area contributed by atoms with Gasteiger partial charge in [-0.05, 0) is 55.7 Å². The number of ether oxygens (including phenoxy) is 1. The number of urea groups is 1. The first-order chi connectivity index (χ1) is 15.7. The van der Waals surface area contributed by atoms with Crippen LogP contribution in [0.2, 0.25) is 0 Å². The van der Waals surface area contributed by atoms with Crippen LogP contribution in [0.15, 0.2) is 54.9 Å². The van der Waals surface area contributed by atoms with Crippen molar-refractivity contribution in [2.45, 2.75) is 38.0 Å². The van der Waals surface area contributed by atoms with E-state index in [1.807, 2.05) is 46.3 Å². The SMILES string of the molecule is Cc1ccc(N2C3CCC2CN(C(=O)N2CC(Oc4cccc5ncccc45)C2)C3)nc1. The third-order valence-corrected chi connectivity index (χ3v) is 6.93. The number of anilines is 1. The van der Waals surface area contributed by atoms with Gasteiger partial charge in [-0.3, -0.25) is 4.98 Å². The van der Waals surface area contributed by atoms with Crippen molar-refractivity contribution in [2.75, 3.05) is 31.1 Å². The molecule has 0 aliphatic carbocycles. The Morgan fingerprint density at radius 3 is 2.47 bits per heavy atom. The second-order valence-corrected chi connectivity index (χ2v) is 9.14. The van der Waals surface area contributed by atoms with E-state index in [1.165, 1.54) is 5.56 Å². The first kappa shape index (κ1) is 19.3. The number of hydrogen-bond acceptors (Lipinski definition) is 5. The van der Waals surface area contributed by atoms with Gasteiger partial charge < -0.3 is 19.4 Å². The maximum Gasteiger partial charge on any atom is 0.320 e. The number of piperazine rings is 1. The predicted molar refractivity (Wildman–Crippen MR) is 123 cm³/mol. The number of fused-ring (bicyclic) bond motifs is 3. The minimum absolute atomic E-state index is 0.0273. The zero-order valence-corrected chi connectivity index (χ0v) is 18.2. The van der Waals surface area contributed by atoms with Crippen molar-refractivity contribution < 1.29 is 9.53 Å². The summed E-state index contributed by atoms with van der Waals surface area (Å²) in [5.41, 5.74) is 2.10. The van der Waals surface area contributed by atoms with Crippen LogP contribution in [-0.4, -0.2) is 70.2 Å². The molecule has 1 aromatic carbocycles.